The lowest BCUT2D eigenvalue weighted by Crippen LogP contribution is -2.20. The summed E-state index contributed by atoms with van der Waals surface area (Å²) in [4.78, 5) is 11.0. The molecule has 0 saturated heterocycles. The minimum atomic E-state index is -0.109. The van der Waals surface area contributed by atoms with Crippen molar-refractivity contribution in [2.75, 3.05) is 6.54 Å². The third-order valence-electron chi connectivity index (χ3n) is 2.15. The zero-order chi connectivity index (χ0) is 10.8. The molecule has 0 N–H and O–H groups in total. The zero-order valence-electron chi connectivity index (χ0n) is 9.04. The maximum atomic E-state index is 11.0. The molecular weight excluding hydrogens is 194 g/mol. The van der Waals surface area contributed by atoms with Crippen LogP contribution in [0.2, 0.25) is 0 Å². The number of thiol groups is 1. The predicted molar refractivity (Wildman–Crippen MR) is 64.3 cm³/mol. The quantitative estimate of drug-likeness (QED) is 0.374. The van der Waals surface area contributed by atoms with E-state index in [0.29, 0.717) is 0 Å². The Morgan fingerprint density at radius 1 is 1.29 bits per heavy atom. The Bertz CT molecular complexity index is 171. The van der Waals surface area contributed by atoms with E-state index in [0.717, 1.165) is 13.0 Å². The van der Waals surface area contributed by atoms with Crippen LogP contribution in [0, 0.1) is 0 Å². The Labute approximate surface area is 92.9 Å². The van der Waals surface area contributed by atoms with Crippen molar-refractivity contribution in [3.63, 3.8) is 0 Å². The summed E-state index contributed by atoms with van der Waals surface area (Å²) in [6, 6.07) is 0. The molecule has 0 aromatic heterocycles. The van der Waals surface area contributed by atoms with Crippen molar-refractivity contribution in [2.45, 2.75) is 45.4 Å². The molecule has 0 radical (unpaired) electrons. The summed E-state index contributed by atoms with van der Waals surface area (Å²) in [7, 11) is 0. The average Bonchev–Trinajstić information content (AvgIpc) is 2.21. The van der Waals surface area contributed by atoms with Gasteiger partial charge >= 0.3 is 0 Å². The van der Waals surface area contributed by atoms with Crippen LogP contribution in [0.5, 0.6) is 0 Å². The molecule has 0 bridgehead atoms. The first-order valence-electron chi connectivity index (χ1n) is 5.35. The summed E-state index contributed by atoms with van der Waals surface area (Å²) in [5.41, 5.74) is 0. The van der Waals surface area contributed by atoms with Gasteiger partial charge in [0.25, 0.3) is 5.91 Å². The van der Waals surface area contributed by atoms with Crippen molar-refractivity contribution < 1.29 is 4.79 Å². The third kappa shape index (κ3) is 7.01. The monoisotopic (exact) mass is 215 g/mol. The van der Waals surface area contributed by atoms with E-state index in [1.54, 1.807) is 0 Å². The molecule has 1 amide bonds. The van der Waals surface area contributed by atoms with E-state index in [1.807, 2.05) is 0 Å². The van der Waals surface area contributed by atoms with Gasteiger partial charge in [0, 0.05) is 6.54 Å². The molecule has 2 nitrogen and oxygen atoms in total. The minimum absolute atomic E-state index is 0.109. The molecule has 0 aliphatic rings. The van der Waals surface area contributed by atoms with E-state index in [4.69, 9.17) is 0 Å². The first kappa shape index (κ1) is 13.6. The Hall–Kier alpha value is -0.440. The minimum Gasteiger partial charge on any atom is -0.286 e. The maximum absolute atomic E-state index is 11.0. The first-order chi connectivity index (χ1) is 6.72. The lowest BCUT2D eigenvalue weighted by atomic mass is 10.1. The Balaban J connectivity index is 3.27. The number of carbonyl (C=O) groups is 1. The van der Waals surface area contributed by atoms with Gasteiger partial charge in [-0.15, -0.1) is 0 Å². The lowest BCUT2D eigenvalue weighted by molar-refractivity contribution is -0.121. The average molecular weight is 215 g/mol. The zero-order valence-corrected chi connectivity index (χ0v) is 9.93. The number of carbonyl (C=O) groups excluding carboxylic acids is 1. The second-order valence-electron chi connectivity index (χ2n) is 3.43. The van der Waals surface area contributed by atoms with Gasteiger partial charge in [-0.25, -0.2) is 0 Å². The van der Waals surface area contributed by atoms with Crippen LogP contribution in [0.4, 0.5) is 0 Å². The second kappa shape index (κ2) is 9.13. The standard InChI is InChI=1S/C11H21NOS/c1-3-5-6-7-8-9-10-12(14)11(13)4-2/h4,14H,2-3,5-10H2,1H3. The molecule has 0 rings (SSSR count). The summed E-state index contributed by atoms with van der Waals surface area (Å²) < 4.78 is 1.42. The van der Waals surface area contributed by atoms with Crippen molar-refractivity contribution in [2.24, 2.45) is 0 Å². The fourth-order valence-electron chi connectivity index (χ4n) is 1.26. The fourth-order valence-corrected chi connectivity index (χ4v) is 1.48. The van der Waals surface area contributed by atoms with Crippen molar-refractivity contribution >= 4 is 18.7 Å². The normalized spacial score (nSPS) is 9.86. The fraction of sp³-hybridized carbons (Fsp3) is 0.727. The van der Waals surface area contributed by atoms with Crippen molar-refractivity contribution in [1.29, 1.82) is 0 Å². The van der Waals surface area contributed by atoms with Gasteiger partial charge in [-0.2, -0.15) is 0 Å². The van der Waals surface area contributed by atoms with Crippen LogP contribution < -0.4 is 0 Å². The molecule has 0 atom stereocenters. The number of amides is 1. The van der Waals surface area contributed by atoms with E-state index in [1.165, 1.54) is 42.5 Å². The smallest absolute Gasteiger partial charge is 0.255 e. The van der Waals surface area contributed by atoms with E-state index in [-0.39, 0.29) is 5.91 Å². The Morgan fingerprint density at radius 2 is 1.86 bits per heavy atom. The van der Waals surface area contributed by atoms with E-state index in [2.05, 4.69) is 26.3 Å². The van der Waals surface area contributed by atoms with Crippen LogP contribution >= 0.6 is 12.8 Å². The summed E-state index contributed by atoms with van der Waals surface area (Å²) in [5.74, 6) is -0.109. The highest BCUT2D eigenvalue weighted by Crippen LogP contribution is 2.07. The van der Waals surface area contributed by atoms with Gasteiger partial charge in [0.15, 0.2) is 0 Å². The molecule has 0 heterocycles. The van der Waals surface area contributed by atoms with Crippen molar-refractivity contribution in [3.8, 4) is 0 Å². The maximum Gasteiger partial charge on any atom is 0.255 e. The molecule has 0 aromatic carbocycles. The Morgan fingerprint density at radius 3 is 2.43 bits per heavy atom. The predicted octanol–water partition coefficient (Wildman–Crippen LogP) is 3.21. The molecule has 14 heavy (non-hydrogen) atoms. The molecule has 0 aliphatic heterocycles. The molecule has 0 aliphatic carbocycles. The molecule has 0 saturated carbocycles. The van der Waals surface area contributed by atoms with Gasteiger partial charge in [0.2, 0.25) is 0 Å². The molecule has 3 heteroatoms. The Kier molecular flexibility index (Phi) is 8.84. The molecular formula is C11H21NOS. The van der Waals surface area contributed by atoms with Gasteiger partial charge < -0.3 is 0 Å². The van der Waals surface area contributed by atoms with Crippen LogP contribution in [-0.4, -0.2) is 16.8 Å². The number of hydrogen-bond donors (Lipinski definition) is 1. The molecule has 0 aromatic rings. The van der Waals surface area contributed by atoms with Crippen LogP contribution in [0.25, 0.3) is 0 Å². The molecule has 0 unspecified atom stereocenters. The van der Waals surface area contributed by atoms with E-state index < -0.39 is 0 Å². The van der Waals surface area contributed by atoms with Gasteiger partial charge in [-0.05, 0) is 12.5 Å². The van der Waals surface area contributed by atoms with Crippen LogP contribution in [0.15, 0.2) is 12.7 Å². The summed E-state index contributed by atoms with van der Waals surface area (Å²) in [6.45, 7) is 6.34. The van der Waals surface area contributed by atoms with E-state index >= 15 is 0 Å². The van der Waals surface area contributed by atoms with Crippen LogP contribution in [0.1, 0.15) is 45.4 Å². The highest BCUT2D eigenvalue weighted by molar-refractivity contribution is 7.78. The van der Waals surface area contributed by atoms with Gasteiger partial charge in [0.1, 0.15) is 0 Å². The third-order valence-corrected chi connectivity index (χ3v) is 2.55. The van der Waals surface area contributed by atoms with Crippen molar-refractivity contribution in [3.05, 3.63) is 12.7 Å². The molecule has 0 fully saturated rings. The number of rotatable bonds is 8. The second-order valence-corrected chi connectivity index (χ2v) is 3.92. The lowest BCUT2D eigenvalue weighted by Gasteiger charge is -2.12. The van der Waals surface area contributed by atoms with Crippen LogP contribution in [0.3, 0.4) is 0 Å². The van der Waals surface area contributed by atoms with Crippen molar-refractivity contribution in [1.82, 2.24) is 4.31 Å². The highest BCUT2D eigenvalue weighted by Gasteiger charge is 2.03. The summed E-state index contributed by atoms with van der Waals surface area (Å²) >= 11 is 4.06. The van der Waals surface area contributed by atoms with Gasteiger partial charge in [0.05, 0.1) is 0 Å². The topological polar surface area (TPSA) is 20.3 Å². The summed E-state index contributed by atoms with van der Waals surface area (Å²) in [6.07, 6.45) is 8.67. The van der Waals surface area contributed by atoms with E-state index in [9.17, 15) is 4.79 Å². The number of unbranched alkanes of at least 4 members (excludes halogenated alkanes) is 5. The SMILES string of the molecule is C=CC(=O)N(S)CCCCCCCC. The largest absolute Gasteiger partial charge is 0.286 e. The van der Waals surface area contributed by atoms with Gasteiger partial charge in [-0.3, -0.25) is 9.10 Å². The molecule has 0 spiro atoms. The number of nitrogens with zero attached hydrogens (tertiary/aromatic N) is 1. The molecule has 82 valence electrons. The number of hydrogen-bond acceptors (Lipinski definition) is 2. The van der Waals surface area contributed by atoms with Crippen LogP contribution in [-0.2, 0) is 4.79 Å². The highest BCUT2D eigenvalue weighted by atomic mass is 32.1. The first-order valence-corrected chi connectivity index (χ1v) is 5.75. The van der Waals surface area contributed by atoms with Gasteiger partial charge in [-0.1, -0.05) is 58.4 Å². The summed E-state index contributed by atoms with van der Waals surface area (Å²) in [5, 5.41) is 0.